The van der Waals surface area contributed by atoms with Gasteiger partial charge in [-0.15, -0.1) is 0 Å². The van der Waals surface area contributed by atoms with Gasteiger partial charge in [-0.25, -0.2) is 4.79 Å². The standard InChI is InChI=1S/C15H19NO2/c1-12-10-13(6-7-14(12)18-2)15(16-11-17)8-4-3-5-9-15/h6-7,10H,3-5,8-9H2,1-2H3. The molecule has 0 unspecified atom stereocenters. The number of aliphatic imine (C=N–C) groups is 1. The molecule has 0 aliphatic heterocycles. The topological polar surface area (TPSA) is 38.7 Å². The van der Waals surface area contributed by atoms with Gasteiger partial charge in [-0.2, -0.15) is 4.99 Å². The molecule has 1 fully saturated rings. The maximum absolute atomic E-state index is 10.7. The van der Waals surface area contributed by atoms with E-state index in [4.69, 9.17) is 4.74 Å². The summed E-state index contributed by atoms with van der Waals surface area (Å²) in [6, 6.07) is 6.07. The maximum atomic E-state index is 10.7. The van der Waals surface area contributed by atoms with E-state index >= 15 is 0 Å². The first-order valence-corrected chi connectivity index (χ1v) is 6.46. The molecule has 0 aromatic heterocycles. The van der Waals surface area contributed by atoms with Crippen LogP contribution in [0, 0.1) is 6.92 Å². The Bertz CT molecular complexity index is 469. The lowest BCUT2D eigenvalue weighted by Crippen LogP contribution is -2.26. The first-order valence-electron chi connectivity index (χ1n) is 6.46. The Hall–Kier alpha value is -1.60. The number of ether oxygens (including phenoxy) is 1. The zero-order valence-electron chi connectivity index (χ0n) is 11.0. The summed E-state index contributed by atoms with van der Waals surface area (Å²) < 4.78 is 5.27. The predicted molar refractivity (Wildman–Crippen MR) is 70.6 cm³/mol. The number of hydrogen-bond acceptors (Lipinski definition) is 3. The van der Waals surface area contributed by atoms with Gasteiger partial charge in [0.2, 0.25) is 6.08 Å². The summed E-state index contributed by atoms with van der Waals surface area (Å²) in [7, 11) is 1.67. The number of hydrogen-bond donors (Lipinski definition) is 0. The molecule has 0 N–H and O–H groups in total. The summed E-state index contributed by atoms with van der Waals surface area (Å²) in [5.74, 6) is 0.875. The fraction of sp³-hybridized carbons (Fsp3) is 0.533. The number of benzene rings is 1. The molecule has 1 aromatic carbocycles. The van der Waals surface area contributed by atoms with Crippen LogP contribution in [0.1, 0.15) is 43.2 Å². The van der Waals surface area contributed by atoms with Crippen molar-refractivity contribution >= 4 is 6.08 Å². The molecule has 96 valence electrons. The quantitative estimate of drug-likeness (QED) is 0.604. The van der Waals surface area contributed by atoms with Crippen LogP contribution in [0.15, 0.2) is 23.2 Å². The molecule has 1 aliphatic carbocycles. The van der Waals surface area contributed by atoms with Crippen molar-refractivity contribution in [3.05, 3.63) is 29.3 Å². The minimum Gasteiger partial charge on any atom is -0.496 e. The van der Waals surface area contributed by atoms with Crippen molar-refractivity contribution in [3.63, 3.8) is 0 Å². The SMILES string of the molecule is COc1ccc(C2(N=C=O)CCCCC2)cc1C. The van der Waals surface area contributed by atoms with Gasteiger partial charge in [-0.3, -0.25) is 0 Å². The lowest BCUT2D eigenvalue weighted by molar-refractivity contribution is 0.303. The van der Waals surface area contributed by atoms with Crippen LogP contribution >= 0.6 is 0 Å². The molecule has 3 nitrogen and oxygen atoms in total. The van der Waals surface area contributed by atoms with Crippen LogP contribution in [0.2, 0.25) is 0 Å². The summed E-state index contributed by atoms with van der Waals surface area (Å²) in [5.41, 5.74) is 1.85. The van der Waals surface area contributed by atoms with Crippen LogP contribution < -0.4 is 4.74 Å². The Morgan fingerprint density at radius 1 is 1.28 bits per heavy atom. The molecule has 0 amide bonds. The molecule has 3 heteroatoms. The molecule has 0 saturated heterocycles. The molecule has 0 heterocycles. The van der Waals surface area contributed by atoms with Crippen LogP contribution in [0.25, 0.3) is 0 Å². The third-order valence-electron chi connectivity index (χ3n) is 3.87. The first kappa shape index (κ1) is 12.8. The van der Waals surface area contributed by atoms with Crippen LogP contribution in [0.4, 0.5) is 0 Å². The Balaban J connectivity index is 2.42. The van der Waals surface area contributed by atoms with E-state index in [1.807, 2.05) is 19.1 Å². The van der Waals surface area contributed by atoms with Crippen LogP contribution in [0.3, 0.4) is 0 Å². The van der Waals surface area contributed by atoms with Gasteiger partial charge in [-0.05, 0) is 43.0 Å². The second kappa shape index (κ2) is 5.36. The Morgan fingerprint density at radius 2 is 2.00 bits per heavy atom. The second-order valence-corrected chi connectivity index (χ2v) is 4.98. The summed E-state index contributed by atoms with van der Waals surface area (Å²) in [6.07, 6.45) is 7.12. The molecular weight excluding hydrogens is 226 g/mol. The highest BCUT2D eigenvalue weighted by atomic mass is 16.5. The van der Waals surface area contributed by atoms with E-state index in [0.717, 1.165) is 42.6 Å². The van der Waals surface area contributed by atoms with Crippen molar-refractivity contribution in [1.82, 2.24) is 0 Å². The van der Waals surface area contributed by atoms with Gasteiger partial charge in [-0.1, -0.05) is 25.3 Å². The van der Waals surface area contributed by atoms with E-state index in [1.54, 1.807) is 13.2 Å². The molecule has 0 bridgehead atoms. The Labute approximate surface area is 108 Å². The highest BCUT2D eigenvalue weighted by molar-refractivity contribution is 5.43. The smallest absolute Gasteiger partial charge is 0.235 e. The third-order valence-corrected chi connectivity index (χ3v) is 3.87. The van der Waals surface area contributed by atoms with Crippen LogP contribution in [-0.4, -0.2) is 13.2 Å². The number of aryl methyl sites for hydroxylation is 1. The zero-order chi connectivity index (χ0) is 13.0. The molecule has 0 spiro atoms. The van der Waals surface area contributed by atoms with Gasteiger partial charge < -0.3 is 4.74 Å². The van der Waals surface area contributed by atoms with Crippen molar-refractivity contribution in [3.8, 4) is 5.75 Å². The van der Waals surface area contributed by atoms with Crippen LogP contribution in [-0.2, 0) is 10.3 Å². The molecule has 1 aliphatic rings. The van der Waals surface area contributed by atoms with Crippen molar-refractivity contribution in [1.29, 1.82) is 0 Å². The first-order chi connectivity index (χ1) is 8.72. The largest absolute Gasteiger partial charge is 0.496 e. The van der Waals surface area contributed by atoms with Crippen molar-refractivity contribution in [2.45, 2.75) is 44.6 Å². The highest BCUT2D eigenvalue weighted by Gasteiger charge is 2.34. The molecule has 18 heavy (non-hydrogen) atoms. The summed E-state index contributed by atoms with van der Waals surface area (Å²) >= 11 is 0. The monoisotopic (exact) mass is 245 g/mol. The number of methoxy groups -OCH3 is 1. The van der Waals surface area contributed by atoms with E-state index in [1.165, 1.54) is 6.42 Å². The summed E-state index contributed by atoms with van der Waals surface area (Å²) in [6.45, 7) is 2.02. The number of carbonyl (C=O) groups excluding carboxylic acids is 1. The van der Waals surface area contributed by atoms with Gasteiger partial charge in [0.1, 0.15) is 5.75 Å². The minimum absolute atomic E-state index is 0.350. The second-order valence-electron chi connectivity index (χ2n) is 4.98. The number of nitrogens with zero attached hydrogens (tertiary/aromatic N) is 1. The molecule has 1 saturated carbocycles. The van der Waals surface area contributed by atoms with Crippen molar-refractivity contribution in [2.75, 3.05) is 7.11 Å². The van der Waals surface area contributed by atoms with Gasteiger partial charge in [0, 0.05) is 0 Å². The Morgan fingerprint density at radius 3 is 2.56 bits per heavy atom. The van der Waals surface area contributed by atoms with Gasteiger partial charge >= 0.3 is 0 Å². The molecule has 0 atom stereocenters. The molecular formula is C15H19NO2. The lowest BCUT2D eigenvalue weighted by atomic mass is 9.77. The highest BCUT2D eigenvalue weighted by Crippen LogP contribution is 2.41. The van der Waals surface area contributed by atoms with Gasteiger partial charge in [0.25, 0.3) is 0 Å². The van der Waals surface area contributed by atoms with Crippen LogP contribution in [0.5, 0.6) is 5.75 Å². The van der Waals surface area contributed by atoms with Gasteiger partial charge in [0.15, 0.2) is 0 Å². The van der Waals surface area contributed by atoms with E-state index in [2.05, 4.69) is 11.1 Å². The Kier molecular flexibility index (Phi) is 3.83. The summed E-state index contributed by atoms with van der Waals surface area (Å²) in [5, 5.41) is 0. The maximum Gasteiger partial charge on any atom is 0.235 e. The van der Waals surface area contributed by atoms with E-state index in [0.29, 0.717) is 0 Å². The average molecular weight is 245 g/mol. The van der Waals surface area contributed by atoms with E-state index in [9.17, 15) is 4.79 Å². The fourth-order valence-corrected chi connectivity index (χ4v) is 2.86. The van der Waals surface area contributed by atoms with Crippen molar-refractivity contribution in [2.24, 2.45) is 4.99 Å². The minimum atomic E-state index is -0.350. The fourth-order valence-electron chi connectivity index (χ4n) is 2.86. The molecule has 1 aromatic rings. The molecule has 0 radical (unpaired) electrons. The number of rotatable bonds is 3. The van der Waals surface area contributed by atoms with E-state index in [-0.39, 0.29) is 5.54 Å². The van der Waals surface area contributed by atoms with Gasteiger partial charge in [0.05, 0.1) is 12.6 Å². The zero-order valence-corrected chi connectivity index (χ0v) is 11.0. The molecule has 2 rings (SSSR count). The predicted octanol–water partition coefficient (Wildman–Crippen LogP) is 3.50. The third kappa shape index (κ3) is 2.32. The van der Waals surface area contributed by atoms with E-state index < -0.39 is 0 Å². The average Bonchev–Trinajstić information content (AvgIpc) is 2.40. The lowest BCUT2D eigenvalue weighted by Gasteiger charge is -2.33. The number of isocyanates is 1. The summed E-state index contributed by atoms with van der Waals surface area (Å²) in [4.78, 5) is 14.9. The normalized spacial score (nSPS) is 17.9. The van der Waals surface area contributed by atoms with Crippen molar-refractivity contribution < 1.29 is 9.53 Å².